The Hall–Kier alpha value is -4.20. The first-order valence-electron chi connectivity index (χ1n) is 8.61. The van der Waals surface area contributed by atoms with Gasteiger partial charge in [-0.25, -0.2) is 0 Å². The predicted octanol–water partition coefficient (Wildman–Crippen LogP) is 3.91. The van der Waals surface area contributed by atoms with Crippen molar-refractivity contribution < 1.29 is 18.9 Å². The molecule has 8 nitrogen and oxygen atoms in total. The minimum absolute atomic E-state index is 0.0488. The van der Waals surface area contributed by atoms with Crippen LogP contribution in [0.5, 0.6) is 0 Å². The number of hydrogen-bond donors (Lipinski definition) is 2. The van der Waals surface area contributed by atoms with Crippen LogP contribution in [0.3, 0.4) is 0 Å². The summed E-state index contributed by atoms with van der Waals surface area (Å²) in [5, 5.41) is 16.1. The number of carbonyl (C=O) groups excluding carboxylic acids is 2. The van der Waals surface area contributed by atoms with E-state index in [1.165, 1.54) is 30.5 Å². The predicted molar refractivity (Wildman–Crippen MR) is 107 cm³/mol. The number of furan rings is 1. The van der Waals surface area contributed by atoms with Crippen molar-refractivity contribution in [2.75, 3.05) is 5.32 Å². The number of benzene rings is 2. The van der Waals surface area contributed by atoms with E-state index in [2.05, 4.69) is 10.6 Å². The Morgan fingerprint density at radius 2 is 1.83 bits per heavy atom. The van der Waals surface area contributed by atoms with Crippen LogP contribution in [-0.2, 0) is 4.79 Å². The van der Waals surface area contributed by atoms with Gasteiger partial charge in [0.05, 0.1) is 11.2 Å². The largest absolute Gasteiger partial charge is 0.465 e. The number of nitro groups is 1. The fourth-order valence-corrected chi connectivity index (χ4v) is 2.46. The molecule has 1 aromatic heterocycles. The topological polar surface area (TPSA) is 114 Å². The zero-order valence-corrected chi connectivity index (χ0v) is 15.4. The molecule has 29 heavy (non-hydrogen) atoms. The molecule has 0 aliphatic rings. The number of anilines is 1. The molecular formula is C21H17N3O5. The fourth-order valence-electron chi connectivity index (χ4n) is 2.46. The van der Waals surface area contributed by atoms with Crippen molar-refractivity contribution in [3.63, 3.8) is 0 Å². The molecule has 0 atom stereocenters. The minimum atomic E-state index is -0.662. The molecule has 0 spiro atoms. The van der Waals surface area contributed by atoms with Crippen LogP contribution in [0.1, 0.15) is 21.7 Å². The maximum atomic E-state index is 12.7. The van der Waals surface area contributed by atoms with Gasteiger partial charge in [0.25, 0.3) is 17.5 Å². The van der Waals surface area contributed by atoms with Gasteiger partial charge in [0, 0.05) is 29.5 Å². The summed E-state index contributed by atoms with van der Waals surface area (Å²) in [6.07, 6.45) is 2.81. The second-order valence-electron chi connectivity index (χ2n) is 6.16. The van der Waals surface area contributed by atoms with Crippen LogP contribution in [0.2, 0.25) is 0 Å². The summed E-state index contributed by atoms with van der Waals surface area (Å²) in [4.78, 5) is 35.6. The molecule has 146 valence electrons. The number of carbonyl (C=O) groups is 2. The zero-order valence-electron chi connectivity index (χ0n) is 15.4. The maximum absolute atomic E-state index is 12.7. The molecule has 8 heteroatoms. The lowest BCUT2D eigenvalue weighted by Gasteiger charge is -2.11. The van der Waals surface area contributed by atoms with Gasteiger partial charge in [-0.1, -0.05) is 23.8 Å². The lowest BCUT2D eigenvalue weighted by Crippen LogP contribution is -2.30. The maximum Gasteiger partial charge on any atom is 0.272 e. The molecule has 0 bridgehead atoms. The van der Waals surface area contributed by atoms with Gasteiger partial charge in [-0.05, 0) is 37.3 Å². The van der Waals surface area contributed by atoms with E-state index in [0.717, 1.165) is 11.6 Å². The second-order valence-corrected chi connectivity index (χ2v) is 6.16. The molecule has 2 amide bonds. The molecule has 1 heterocycles. The van der Waals surface area contributed by atoms with E-state index in [1.807, 2.05) is 19.1 Å². The molecule has 2 N–H and O–H groups in total. The van der Waals surface area contributed by atoms with Gasteiger partial charge >= 0.3 is 0 Å². The second kappa shape index (κ2) is 8.66. The van der Waals surface area contributed by atoms with E-state index in [-0.39, 0.29) is 16.9 Å². The third-order valence-electron chi connectivity index (χ3n) is 3.95. The van der Waals surface area contributed by atoms with Crippen LogP contribution in [0.4, 0.5) is 11.4 Å². The normalized spacial score (nSPS) is 11.0. The van der Waals surface area contributed by atoms with Crippen LogP contribution in [0, 0.1) is 17.0 Å². The van der Waals surface area contributed by atoms with E-state index in [4.69, 9.17) is 4.42 Å². The van der Waals surface area contributed by atoms with Crippen LogP contribution in [0.25, 0.3) is 6.08 Å². The summed E-state index contributed by atoms with van der Waals surface area (Å²) in [5.41, 5.74) is 1.34. The summed E-state index contributed by atoms with van der Waals surface area (Å²) >= 11 is 0. The first kappa shape index (κ1) is 19.6. The van der Waals surface area contributed by atoms with Gasteiger partial charge in [0.2, 0.25) is 0 Å². The molecule has 0 fully saturated rings. The monoisotopic (exact) mass is 391 g/mol. The summed E-state index contributed by atoms with van der Waals surface area (Å²) in [7, 11) is 0. The molecule has 0 aliphatic carbocycles. The highest BCUT2D eigenvalue weighted by Gasteiger charge is 2.17. The fraction of sp³-hybridized carbons (Fsp3) is 0.0476. The third kappa shape index (κ3) is 5.16. The minimum Gasteiger partial charge on any atom is -0.465 e. The van der Waals surface area contributed by atoms with Crippen LogP contribution in [-0.4, -0.2) is 16.7 Å². The number of nitrogens with one attached hydrogen (secondary N) is 2. The highest BCUT2D eigenvalue weighted by Crippen LogP contribution is 2.15. The summed E-state index contributed by atoms with van der Waals surface area (Å²) < 4.78 is 5.22. The smallest absolute Gasteiger partial charge is 0.272 e. The average Bonchev–Trinajstić information content (AvgIpc) is 3.22. The van der Waals surface area contributed by atoms with Crippen LogP contribution >= 0.6 is 0 Å². The Bertz CT molecular complexity index is 1070. The number of nitrogens with zero attached hydrogens (tertiary/aromatic N) is 1. The van der Waals surface area contributed by atoms with E-state index >= 15 is 0 Å². The van der Waals surface area contributed by atoms with Gasteiger partial charge in [-0.2, -0.15) is 0 Å². The van der Waals surface area contributed by atoms with Gasteiger partial charge in [-0.15, -0.1) is 0 Å². The molecule has 0 saturated carbocycles. The van der Waals surface area contributed by atoms with E-state index < -0.39 is 16.7 Å². The lowest BCUT2D eigenvalue weighted by atomic mass is 10.2. The number of non-ortho nitro benzene ring substituents is 1. The van der Waals surface area contributed by atoms with Crippen molar-refractivity contribution in [1.29, 1.82) is 0 Å². The summed E-state index contributed by atoms with van der Waals surface area (Å²) in [5.74, 6) is -0.868. The van der Waals surface area contributed by atoms with Crippen molar-refractivity contribution in [2.24, 2.45) is 0 Å². The summed E-state index contributed by atoms with van der Waals surface area (Å²) in [6, 6.07) is 15.7. The van der Waals surface area contributed by atoms with E-state index in [0.29, 0.717) is 11.4 Å². The molecule has 0 aliphatic heterocycles. The number of hydrogen-bond acceptors (Lipinski definition) is 5. The van der Waals surface area contributed by atoms with E-state index in [1.54, 1.807) is 24.3 Å². The van der Waals surface area contributed by atoms with E-state index in [9.17, 15) is 19.7 Å². The highest BCUT2D eigenvalue weighted by atomic mass is 16.6. The van der Waals surface area contributed by atoms with Gasteiger partial charge in [0.15, 0.2) is 0 Å². The molecule has 0 unspecified atom stereocenters. The Morgan fingerprint density at radius 3 is 2.48 bits per heavy atom. The number of aryl methyl sites for hydroxylation is 1. The molecule has 3 aromatic rings. The van der Waals surface area contributed by atoms with Gasteiger partial charge in [-0.3, -0.25) is 19.7 Å². The van der Waals surface area contributed by atoms with Crippen molar-refractivity contribution in [1.82, 2.24) is 5.32 Å². The zero-order chi connectivity index (χ0) is 20.8. The molecule has 0 saturated heterocycles. The van der Waals surface area contributed by atoms with Crippen molar-refractivity contribution >= 4 is 29.3 Å². The Labute approximate surface area is 166 Å². The first-order chi connectivity index (χ1) is 13.9. The Kier molecular flexibility index (Phi) is 5.84. The van der Waals surface area contributed by atoms with Crippen LogP contribution < -0.4 is 10.6 Å². The number of rotatable bonds is 6. The van der Waals surface area contributed by atoms with Crippen molar-refractivity contribution in [3.8, 4) is 0 Å². The van der Waals surface area contributed by atoms with Gasteiger partial charge < -0.3 is 15.1 Å². The number of nitro benzene ring substituents is 1. The van der Waals surface area contributed by atoms with Crippen molar-refractivity contribution in [3.05, 3.63) is 99.6 Å². The van der Waals surface area contributed by atoms with Crippen LogP contribution in [0.15, 0.2) is 77.0 Å². The summed E-state index contributed by atoms with van der Waals surface area (Å²) in [6.45, 7) is 1.92. The Morgan fingerprint density at radius 1 is 1.07 bits per heavy atom. The van der Waals surface area contributed by atoms with Crippen molar-refractivity contribution in [2.45, 2.75) is 6.92 Å². The quantitative estimate of drug-likeness (QED) is 0.376. The lowest BCUT2D eigenvalue weighted by molar-refractivity contribution is -0.384. The highest BCUT2D eigenvalue weighted by molar-refractivity contribution is 6.10. The molecule has 2 aromatic carbocycles. The standard InChI is InChI=1S/C21H17N3O5/c1-14-7-9-16(10-8-14)22-21(26)19(13-18-6-3-11-29-18)23-20(25)15-4-2-5-17(12-15)24(27)28/h2-13H,1H3,(H,22,26)(H,23,25). The molecule has 0 radical (unpaired) electrons. The molecular weight excluding hydrogens is 374 g/mol. The average molecular weight is 391 g/mol. The third-order valence-corrected chi connectivity index (χ3v) is 3.95. The SMILES string of the molecule is Cc1ccc(NC(=O)C(=Cc2ccco2)NC(=O)c2cccc([N+](=O)[O-])c2)cc1. The number of amides is 2. The molecule has 3 rings (SSSR count). The van der Waals surface area contributed by atoms with Gasteiger partial charge in [0.1, 0.15) is 11.5 Å². The Balaban J connectivity index is 1.85. The first-order valence-corrected chi connectivity index (χ1v) is 8.61.